The lowest BCUT2D eigenvalue weighted by atomic mass is 10.2. The Hall–Kier alpha value is -2.35. The van der Waals surface area contributed by atoms with Gasteiger partial charge in [-0.1, -0.05) is 12.1 Å². The molecule has 0 radical (unpaired) electrons. The van der Waals surface area contributed by atoms with Crippen LogP contribution in [0.15, 0.2) is 24.3 Å². The van der Waals surface area contributed by atoms with Crippen LogP contribution in [0, 0.1) is 18.3 Å². The Kier molecular flexibility index (Phi) is 3.81. The van der Waals surface area contributed by atoms with Crippen molar-refractivity contribution in [2.45, 2.75) is 20.8 Å². The highest BCUT2D eigenvalue weighted by Crippen LogP contribution is 2.17. The largest absolute Gasteiger partial charge is 0.353 e. The molecule has 2 rings (SSSR count). The Morgan fingerprint density at radius 2 is 2.00 bits per heavy atom. The molecule has 5 heteroatoms. The van der Waals surface area contributed by atoms with E-state index in [0.717, 1.165) is 24.3 Å². The molecule has 0 bridgehead atoms. The number of rotatable bonds is 4. The first-order chi connectivity index (χ1) is 9.19. The molecule has 0 amide bonds. The lowest BCUT2D eigenvalue weighted by Gasteiger charge is -2.16. The van der Waals surface area contributed by atoms with Crippen LogP contribution in [-0.2, 0) is 0 Å². The maximum Gasteiger partial charge on any atom is 0.207 e. The molecule has 1 heterocycles. The van der Waals surface area contributed by atoms with Crippen LogP contribution < -0.4 is 4.90 Å². The molecule has 0 spiro atoms. The van der Waals surface area contributed by atoms with Gasteiger partial charge in [0.2, 0.25) is 5.69 Å². The van der Waals surface area contributed by atoms with Gasteiger partial charge in [0.25, 0.3) is 0 Å². The Labute approximate surface area is 113 Å². The number of aryl methyl sites for hydroxylation is 1. The molecule has 98 valence electrons. The second-order valence-electron chi connectivity index (χ2n) is 4.28. The molecule has 1 aromatic carbocycles. The molecule has 0 aliphatic carbocycles. The maximum atomic E-state index is 9.18. The molecular formula is C14H17N5. The fourth-order valence-electron chi connectivity index (χ4n) is 1.98. The summed E-state index contributed by atoms with van der Waals surface area (Å²) in [6.07, 6.45) is 0. The van der Waals surface area contributed by atoms with E-state index >= 15 is 0 Å². The molecule has 5 nitrogen and oxygen atoms in total. The third kappa shape index (κ3) is 2.58. The van der Waals surface area contributed by atoms with Gasteiger partial charge in [0.05, 0.1) is 5.69 Å². The Balaban J connectivity index is 2.47. The van der Waals surface area contributed by atoms with E-state index in [1.807, 2.05) is 49.9 Å². The second kappa shape index (κ2) is 5.53. The van der Waals surface area contributed by atoms with Gasteiger partial charge in [0, 0.05) is 13.1 Å². The van der Waals surface area contributed by atoms with Crippen molar-refractivity contribution in [2.24, 2.45) is 0 Å². The number of benzene rings is 1. The second-order valence-corrected chi connectivity index (χ2v) is 4.28. The predicted octanol–water partition coefficient (Wildman–Crippen LogP) is 2.29. The van der Waals surface area contributed by atoms with Gasteiger partial charge < -0.3 is 4.90 Å². The summed E-state index contributed by atoms with van der Waals surface area (Å²) in [5, 5.41) is 17.9. The average Bonchev–Trinajstić information content (AvgIpc) is 2.84. The molecule has 2 aromatic rings. The van der Waals surface area contributed by atoms with Gasteiger partial charge in [0.1, 0.15) is 6.07 Å². The zero-order chi connectivity index (χ0) is 13.8. The van der Waals surface area contributed by atoms with E-state index < -0.39 is 0 Å². The lowest BCUT2D eigenvalue weighted by Crippen LogP contribution is -2.23. The van der Waals surface area contributed by atoms with Crippen LogP contribution in [0.25, 0.3) is 5.69 Å². The van der Waals surface area contributed by atoms with Crippen LogP contribution >= 0.6 is 0 Å². The summed E-state index contributed by atoms with van der Waals surface area (Å²) in [5.41, 5.74) is 2.37. The van der Waals surface area contributed by atoms with E-state index in [1.54, 1.807) is 0 Å². The quantitative estimate of drug-likeness (QED) is 0.841. The fraction of sp³-hybridized carbons (Fsp3) is 0.357. The minimum absolute atomic E-state index is 0.366. The first-order valence-electron chi connectivity index (χ1n) is 6.39. The van der Waals surface area contributed by atoms with E-state index in [-0.39, 0.29) is 0 Å². The summed E-state index contributed by atoms with van der Waals surface area (Å²) in [4.78, 5) is 3.55. The van der Waals surface area contributed by atoms with Gasteiger partial charge in [-0.2, -0.15) is 5.26 Å². The van der Waals surface area contributed by atoms with E-state index in [2.05, 4.69) is 16.3 Å². The molecule has 0 fully saturated rings. The summed E-state index contributed by atoms with van der Waals surface area (Å²) in [7, 11) is 0. The highest BCUT2D eigenvalue weighted by atomic mass is 15.5. The van der Waals surface area contributed by atoms with Crippen molar-refractivity contribution in [3.63, 3.8) is 0 Å². The van der Waals surface area contributed by atoms with Crippen LogP contribution in [0.2, 0.25) is 0 Å². The van der Waals surface area contributed by atoms with Crippen LogP contribution in [0.1, 0.15) is 25.1 Å². The SMILES string of the molecule is CCN(CC)c1nn(-c2cccc(C)c2)nc1C#N. The van der Waals surface area contributed by atoms with Crippen molar-refractivity contribution >= 4 is 5.82 Å². The molecule has 1 aromatic heterocycles. The smallest absolute Gasteiger partial charge is 0.207 e. The Morgan fingerprint density at radius 3 is 2.58 bits per heavy atom. The molecule has 0 saturated heterocycles. The van der Waals surface area contributed by atoms with E-state index in [0.29, 0.717) is 11.5 Å². The van der Waals surface area contributed by atoms with Gasteiger partial charge in [0.15, 0.2) is 5.82 Å². The predicted molar refractivity (Wildman–Crippen MR) is 74.4 cm³/mol. The van der Waals surface area contributed by atoms with Gasteiger partial charge in [-0.05, 0) is 38.5 Å². The number of aromatic nitrogens is 3. The summed E-state index contributed by atoms with van der Waals surface area (Å²) in [6.45, 7) is 7.70. The van der Waals surface area contributed by atoms with E-state index in [4.69, 9.17) is 0 Å². The maximum absolute atomic E-state index is 9.18. The number of nitrogens with zero attached hydrogens (tertiary/aromatic N) is 5. The normalized spacial score (nSPS) is 10.2. The molecule has 0 saturated carbocycles. The standard InChI is InChI=1S/C14H17N5/c1-4-18(5-2)14-13(10-15)16-19(17-14)12-8-6-7-11(3)9-12/h6-9H,4-5H2,1-3H3. The van der Waals surface area contributed by atoms with Gasteiger partial charge in [-0.15, -0.1) is 15.0 Å². The molecule has 0 atom stereocenters. The van der Waals surface area contributed by atoms with Crippen molar-refractivity contribution in [1.29, 1.82) is 5.26 Å². The van der Waals surface area contributed by atoms with Crippen molar-refractivity contribution in [3.8, 4) is 11.8 Å². The van der Waals surface area contributed by atoms with Crippen molar-refractivity contribution in [3.05, 3.63) is 35.5 Å². The van der Waals surface area contributed by atoms with Crippen LogP contribution in [0.4, 0.5) is 5.82 Å². The summed E-state index contributed by atoms with van der Waals surface area (Å²) in [5.74, 6) is 0.647. The molecule has 0 aliphatic heterocycles. The summed E-state index contributed by atoms with van der Waals surface area (Å²) in [6, 6.07) is 10.0. The van der Waals surface area contributed by atoms with E-state index in [1.165, 1.54) is 4.80 Å². The summed E-state index contributed by atoms with van der Waals surface area (Å²) >= 11 is 0. The van der Waals surface area contributed by atoms with Crippen LogP contribution in [0.5, 0.6) is 0 Å². The highest BCUT2D eigenvalue weighted by Gasteiger charge is 2.16. The van der Waals surface area contributed by atoms with Crippen molar-refractivity contribution in [1.82, 2.24) is 15.0 Å². The topological polar surface area (TPSA) is 57.7 Å². The first kappa shape index (κ1) is 13.1. The van der Waals surface area contributed by atoms with Crippen LogP contribution in [-0.4, -0.2) is 28.1 Å². The minimum Gasteiger partial charge on any atom is -0.353 e. The first-order valence-corrected chi connectivity index (χ1v) is 6.39. The molecule has 0 aliphatic rings. The van der Waals surface area contributed by atoms with Gasteiger partial charge in [-0.25, -0.2) is 0 Å². The number of anilines is 1. The average molecular weight is 255 g/mol. The third-order valence-electron chi connectivity index (χ3n) is 3.00. The highest BCUT2D eigenvalue weighted by molar-refractivity contribution is 5.50. The zero-order valence-electron chi connectivity index (χ0n) is 11.5. The monoisotopic (exact) mass is 255 g/mol. The van der Waals surface area contributed by atoms with Crippen LogP contribution in [0.3, 0.4) is 0 Å². The number of hydrogen-bond acceptors (Lipinski definition) is 4. The number of hydrogen-bond donors (Lipinski definition) is 0. The number of nitriles is 1. The fourth-order valence-corrected chi connectivity index (χ4v) is 1.98. The Bertz CT molecular complexity index is 605. The van der Waals surface area contributed by atoms with Crippen molar-refractivity contribution < 1.29 is 0 Å². The van der Waals surface area contributed by atoms with Gasteiger partial charge >= 0.3 is 0 Å². The molecule has 0 unspecified atom stereocenters. The lowest BCUT2D eigenvalue weighted by molar-refractivity contribution is 0.737. The third-order valence-corrected chi connectivity index (χ3v) is 3.00. The molecule has 19 heavy (non-hydrogen) atoms. The molecular weight excluding hydrogens is 238 g/mol. The minimum atomic E-state index is 0.366. The Morgan fingerprint density at radius 1 is 1.26 bits per heavy atom. The van der Waals surface area contributed by atoms with E-state index in [9.17, 15) is 5.26 Å². The summed E-state index contributed by atoms with van der Waals surface area (Å²) < 4.78 is 0. The molecule has 0 N–H and O–H groups in total. The van der Waals surface area contributed by atoms with Gasteiger partial charge in [-0.3, -0.25) is 0 Å². The van der Waals surface area contributed by atoms with Crippen molar-refractivity contribution in [2.75, 3.05) is 18.0 Å². The zero-order valence-corrected chi connectivity index (χ0v) is 11.5.